The molecule has 0 amide bonds. The van der Waals surface area contributed by atoms with Gasteiger partial charge in [0.1, 0.15) is 5.82 Å². The number of pyridine rings is 2. The van der Waals surface area contributed by atoms with E-state index in [9.17, 15) is 0 Å². The molecule has 0 radical (unpaired) electrons. The van der Waals surface area contributed by atoms with E-state index in [4.69, 9.17) is 11.6 Å². The summed E-state index contributed by atoms with van der Waals surface area (Å²) < 4.78 is 2.01. The van der Waals surface area contributed by atoms with Crippen LogP contribution in [0, 0.1) is 6.92 Å². The van der Waals surface area contributed by atoms with Crippen molar-refractivity contribution in [2.75, 3.05) is 0 Å². The summed E-state index contributed by atoms with van der Waals surface area (Å²) >= 11 is 6.13. The number of hydrogen-bond acceptors (Lipinski definition) is 2. The third-order valence-electron chi connectivity index (χ3n) is 2.68. The lowest BCUT2D eigenvalue weighted by molar-refractivity contribution is 1.14. The first kappa shape index (κ1) is 10.3. The number of aryl methyl sites for hydroxylation is 1. The lowest BCUT2D eigenvalue weighted by Gasteiger charge is -2.01. The molecule has 0 N–H and O–H groups in total. The number of fused-ring (bicyclic) bond motifs is 1. The Balaban J connectivity index is 2.34. The van der Waals surface area contributed by atoms with Crippen LogP contribution in [0.2, 0.25) is 5.15 Å². The standard InChI is InChI=1S/C13H10ClN3/c1-9-2-3-11-12(14)16-13(17(11)8-9)10-4-6-15-7-5-10/h2-8H,1H3. The summed E-state index contributed by atoms with van der Waals surface area (Å²) in [5.41, 5.74) is 3.10. The van der Waals surface area contributed by atoms with Crippen LogP contribution in [0.15, 0.2) is 42.9 Å². The second-order valence-corrected chi connectivity index (χ2v) is 4.28. The van der Waals surface area contributed by atoms with E-state index >= 15 is 0 Å². The molecule has 3 heterocycles. The molecule has 4 heteroatoms. The van der Waals surface area contributed by atoms with Crippen molar-refractivity contribution in [3.63, 3.8) is 0 Å². The van der Waals surface area contributed by atoms with Crippen molar-refractivity contribution >= 4 is 17.1 Å². The Labute approximate surface area is 104 Å². The maximum atomic E-state index is 6.13. The van der Waals surface area contributed by atoms with Crippen LogP contribution in [0.25, 0.3) is 16.9 Å². The quantitative estimate of drug-likeness (QED) is 0.656. The summed E-state index contributed by atoms with van der Waals surface area (Å²) in [5.74, 6) is 0.844. The Morgan fingerprint density at radius 2 is 1.88 bits per heavy atom. The zero-order chi connectivity index (χ0) is 11.8. The average Bonchev–Trinajstić information content (AvgIpc) is 2.67. The smallest absolute Gasteiger partial charge is 0.155 e. The van der Waals surface area contributed by atoms with Crippen LogP contribution in [0.1, 0.15) is 5.56 Å². The van der Waals surface area contributed by atoms with Crippen LogP contribution < -0.4 is 0 Å². The Bertz CT molecular complexity index is 674. The highest BCUT2D eigenvalue weighted by molar-refractivity contribution is 6.32. The SMILES string of the molecule is Cc1ccc2c(Cl)nc(-c3ccncc3)n2c1. The summed E-state index contributed by atoms with van der Waals surface area (Å²) in [4.78, 5) is 8.41. The molecule has 0 saturated heterocycles. The van der Waals surface area contributed by atoms with Crippen molar-refractivity contribution in [1.82, 2.24) is 14.4 Å². The van der Waals surface area contributed by atoms with E-state index in [2.05, 4.69) is 9.97 Å². The van der Waals surface area contributed by atoms with Gasteiger partial charge in [-0.05, 0) is 30.7 Å². The number of aromatic nitrogens is 3. The number of hydrogen-bond donors (Lipinski definition) is 0. The normalized spacial score (nSPS) is 10.9. The summed E-state index contributed by atoms with van der Waals surface area (Å²) in [7, 11) is 0. The molecule has 0 aliphatic carbocycles. The van der Waals surface area contributed by atoms with Gasteiger partial charge in [0.25, 0.3) is 0 Å². The third-order valence-corrected chi connectivity index (χ3v) is 2.96. The van der Waals surface area contributed by atoms with Gasteiger partial charge in [-0.25, -0.2) is 4.98 Å². The first-order chi connectivity index (χ1) is 8.25. The van der Waals surface area contributed by atoms with Gasteiger partial charge in [-0.3, -0.25) is 9.38 Å². The average molecular weight is 244 g/mol. The second-order valence-electron chi connectivity index (χ2n) is 3.92. The fourth-order valence-electron chi connectivity index (χ4n) is 1.86. The van der Waals surface area contributed by atoms with Gasteiger partial charge in [-0.2, -0.15) is 0 Å². The Kier molecular flexibility index (Phi) is 2.34. The monoisotopic (exact) mass is 243 g/mol. The van der Waals surface area contributed by atoms with E-state index in [1.807, 2.05) is 41.8 Å². The Hall–Kier alpha value is -1.87. The molecule has 3 aromatic rings. The highest BCUT2D eigenvalue weighted by Crippen LogP contribution is 2.25. The second kappa shape index (κ2) is 3.86. The lowest BCUT2D eigenvalue weighted by Crippen LogP contribution is -1.90. The number of nitrogens with zero attached hydrogens (tertiary/aromatic N) is 3. The first-order valence-corrected chi connectivity index (χ1v) is 5.68. The van der Waals surface area contributed by atoms with Crippen molar-refractivity contribution in [3.8, 4) is 11.4 Å². The summed E-state index contributed by atoms with van der Waals surface area (Å²) in [6.07, 6.45) is 5.53. The number of imidazole rings is 1. The zero-order valence-corrected chi connectivity index (χ0v) is 10.0. The van der Waals surface area contributed by atoms with Gasteiger partial charge in [-0.15, -0.1) is 0 Å². The lowest BCUT2D eigenvalue weighted by atomic mass is 10.2. The van der Waals surface area contributed by atoms with Gasteiger partial charge in [0.05, 0.1) is 5.52 Å². The predicted octanol–water partition coefficient (Wildman–Crippen LogP) is 3.36. The minimum atomic E-state index is 0.525. The largest absolute Gasteiger partial charge is 0.298 e. The van der Waals surface area contributed by atoms with Crippen LogP contribution in [-0.2, 0) is 0 Å². The summed E-state index contributed by atoms with van der Waals surface area (Å²) in [5, 5.41) is 0.525. The van der Waals surface area contributed by atoms with Crippen molar-refractivity contribution in [2.24, 2.45) is 0 Å². The molecule has 0 bridgehead atoms. The topological polar surface area (TPSA) is 30.2 Å². The van der Waals surface area contributed by atoms with Crippen LogP contribution in [-0.4, -0.2) is 14.4 Å². The molecule has 17 heavy (non-hydrogen) atoms. The van der Waals surface area contributed by atoms with Crippen LogP contribution >= 0.6 is 11.6 Å². The molecule has 3 rings (SSSR count). The summed E-state index contributed by atoms with van der Waals surface area (Å²) in [6.45, 7) is 2.05. The molecule has 3 nitrogen and oxygen atoms in total. The predicted molar refractivity (Wildman–Crippen MR) is 68.2 cm³/mol. The maximum absolute atomic E-state index is 6.13. The Morgan fingerprint density at radius 1 is 1.12 bits per heavy atom. The highest BCUT2D eigenvalue weighted by Gasteiger charge is 2.10. The van der Waals surface area contributed by atoms with Gasteiger partial charge >= 0.3 is 0 Å². The van der Waals surface area contributed by atoms with Crippen LogP contribution in [0.5, 0.6) is 0 Å². The Morgan fingerprint density at radius 3 is 2.65 bits per heavy atom. The van der Waals surface area contributed by atoms with Crippen molar-refractivity contribution < 1.29 is 0 Å². The minimum absolute atomic E-state index is 0.525. The van der Waals surface area contributed by atoms with Gasteiger partial charge in [0, 0.05) is 24.2 Å². The molecule has 0 aliphatic rings. The molecule has 0 saturated carbocycles. The molecule has 0 unspecified atom stereocenters. The molecule has 0 fully saturated rings. The van der Waals surface area contributed by atoms with Gasteiger partial charge in [-0.1, -0.05) is 17.7 Å². The van der Waals surface area contributed by atoms with E-state index in [1.54, 1.807) is 12.4 Å². The molecule has 0 aromatic carbocycles. The maximum Gasteiger partial charge on any atom is 0.155 e. The number of halogens is 1. The van der Waals surface area contributed by atoms with Gasteiger partial charge < -0.3 is 0 Å². The molecule has 0 aliphatic heterocycles. The molecule has 3 aromatic heterocycles. The molecule has 0 spiro atoms. The van der Waals surface area contributed by atoms with E-state index in [-0.39, 0.29) is 0 Å². The first-order valence-electron chi connectivity index (χ1n) is 5.30. The van der Waals surface area contributed by atoms with E-state index in [1.165, 1.54) is 5.56 Å². The molecular formula is C13H10ClN3. The number of rotatable bonds is 1. The van der Waals surface area contributed by atoms with Crippen molar-refractivity contribution in [3.05, 3.63) is 53.6 Å². The third kappa shape index (κ3) is 1.68. The van der Waals surface area contributed by atoms with Gasteiger partial charge in [0.15, 0.2) is 5.15 Å². The zero-order valence-electron chi connectivity index (χ0n) is 9.26. The van der Waals surface area contributed by atoms with Crippen LogP contribution in [0.4, 0.5) is 0 Å². The fourth-order valence-corrected chi connectivity index (χ4v) is 2.09. The van der Waals surface area contributed by atoms with Crippen LogP contribution in [0.3, 0.4) is 0 Å². The van der Waals surface area contributed by atoms with Gasteiger partial charge in [0.2, 0.25) is 0 Å². The molecular weight excluding hydrogens is 234 g/mol. The summed E-state index contributed by atoms with van der Waals surface area (Å²) in [6, 6.07) is 7.86. The van der Waals surface area contributed by atoms with Crippen molar-refractivity contribution in [1.29, 1.82) is 0 Å². The highest BCUT2D eigenvalue weighted by atomic mass is 35.5. The molecule has 84 valence electrons. The fraction of sp³-hybridized carbons (Fsp3) is 0.0769. The van der Waals surface area contributed by atoms with E-state index in [0.717, 1.165) is 16.9 Å². The minimum Gasteiger partial charge on any atom is -0.298 e. The van der Waals surface area contributed by atoms with Crippen molar-refractivity contribution in [2.45, 2.75) is 6.92 Å². The van der Waals surface area contributed by atoms with E-state index in [0.29, 0.717) is 5.15 Å². The molecule has 0 atom stereocenters. The van der Waals surface area contributed by atoms with E-state index < -0.39 is 0 Å².